The van der Waals surface area contributed by atoms with Crippen molar-refractivity contribution in [3.8, 4) is 34.1 Å². The van der Waals surface area contributed by atoms with Crippen molar-refractivity contribution in [1.82, 2.24) is 0 Å². The highest BCUT2D eigenvalue weighted by molar-refractivity contribution is 5.92. The maximum absolute atomic E-state index is 12.4. The number of benzene rings is 3. The van der Waals surface area contributed by atoms with E-state index in [1.165, 1.54) is 39.8 Å². The lowest BCUT2D eigenvalue weighted by molar-refractivity contribution is -0.131. The van der Waals surface area contributed by atoms with E-state index in [-0.39, 0.29) is 45.3 Å². The van der Waals surface area contributed by atoms with Gasteiger partial charge in [-0.25, -0.2) is 19.2 Å². The summed E-state index contributed by atoms with van der Waals surface area (Å²) in [7, 11) is 0. The van der Waals surface area contributed by atoms with E-state index in [4.69, 9.17) is 18.9 Å². The van der Waals surface area contributed by atoms with Crippen LogP contribution in [0.15, 0.2) is 134 Å². The van der Waals surface area contributed by atoms with Crippen molar-refractivity contribution in [3.63, 3.8) is 0 Å². The molecule has 0 fully saturated rings. The Morgan fingerprint density at radius 3 is 1.47 bits per heavy atom. The molecule has 0 heterocycles. The molecule has 0 bridgehead atoms. The largest absolute Gasteiger partial charge is 0.423 e. The minimum atomic E-state index is -0.624. The summed E-state index contributed by atoms with van der Waals surface area (Å²) in [5, 5.41) is 0. The minimum absolute atomic E-state index is 0.182. The molecule has 3 aromatic carbocycles. The summed E-state index contributed by atoms with van der Waals surface area (Å²) in [5.41, 5.74) is 5.23. The van der Waals surface area contributed by atoms with Gasteiger partial charge in [-0.05, 0) is 86.7 Å². The van der Waals surface area contributed by atoms with Crippen LogP contribution in [-0.4, -0.2) is 23.9 Å². The summed E-state index contributed by atoms with van der Waals surface area (Å²) >= 11 is 0. The first-order valence-electron chi connectivity index (χ1n) is 15.0. The molecule has 0 radical (unpaired) electrons. The normalized spacial score (nSPS) is 11.1. The Morgan fingerprint density at radius 1 is 0.531 bits per heavy atom. The molecule has 3 rings (SSSR count). The number of esters is 4. The topological polar surface area (TPSA) is 105 Å². The fraction of sp³-hybridized carbons (Fsp3) is 0.122. The van der Waals surface area contributed by atoms with Crippen molar-refractivity contribution in [2.45, 2.75) is 34.6 Å². The van der Waals surface area contributed by atoms with Crippen molar-refractivity contribution < 1.29 is 38.1 Å². The third kappa shape index (κ3) is 10.4. The van der Waals surface area contributed by atoms with E-state index in [0.29, 0.717) is 11.1 Å². The van der Waals surface area contributed by atoms with E-state index < -0.39 is 23.9 Å². The van der Waals surface area contributed by atoms with Crippen LogP contribution in [0, 0.1) is 0 Å². The molecule has 0 aliphatic heterocycles. The van der Waals surface area contributed by atoms with Gasteiger partial charge in [0.1, 0.15) is 23.0 Å². The average molecular weight is 659 g/mol. The Balaban J connectivity index is 1.97. The summed E-state index contributed by atoms with van der Waals surface area (Å²) in [5.74, 6) is -1.71. The van der Waals surface area contributed by atoms with Crippen LogP contribution < -0.4 is 18.9 Å². The van der Waals surface area contributed by atoms with Gasteiger partial charge in [0.15, 0.2) is 0 Å². The molecular weight excluding hydrogens is 620 g/mol. The van der Waals surface area contributed by atoms with Crippen LogP contribution in [0.4, 0.5) is 0 Å². The van der Waals surface area contributed by atoms with Gasteiger partial charge >= 0.3 is 23.9 Å². The summed E-state index contributed by atoms with van der Waals surface area (Å²) in [4.78, 5) is 48.9. The highest BCUT2D eigenvalue weighted by Crippen LogP contribution is 2.35. The monoisotopic (exact) mass is 658 g/mol. The van der Waals surface area contributed by atoms with Crippen LogP contribution in [-0.2, 0) is 19.2 Å². The number of carbonyl (C=O) groups is 4. The van der Waals surface area contributed by atoms with Crippen LogP contribution >= 0.6 is 0 Å². The van der Waals surface area contributed by atoms with E-state index in [2.05, 4.69) is 32.9 Å². The molecule has 0 saturated carbocycles. The molecule has 0 aromatic heterocycles. The first kappa shape index (κ1) is 37.2. The lowest BCUT2D eigenvalue weighted by Gasteiger charge is -2.13. The van der Waals surface area contributed by atoms with Gasteiger partial charge in [0.25, 0.3) is 0 Å². The second-order valence-electron chi connectivity index (χ2n) is 11.3. The Bertz CT molecular complexity index is 1900. The number of ether oxygens (including phenoxy) is 4. The predicted octanol–water partition coefficient (Wildman–Crippen LogP) is 8.95. The fourth-order valence-electron chi connectivity index (χ4n) is 4.01. The highest BCUT2D eigenvalue weighted by atomic mass is 16.6. The lowest BCUT2D eigenvalue weighted by Crippen LogP contribution is -2.11. The van der Waals surface area contributed by atoms with Gasteiger partial charge in [0, 0.05) is 40.0 Å². The Morgan fingerprint density at radius 2 is 1.00 bits per heavy atom. The third-order valence-corrected chi connectivity index (χ3v) is 6.78. The third-order valence-electron chi connectivity index (χ3n) is 6.78. The standard InChI is InChI=1S/C41H38O8/c1-11-29(13-12-28(10)32-20-34(47-39(43)25(4)5)22-35(21-32)48-40(44)26(6)7)30-14-16-31(17-15-30)36-19-18-33(46-38(42)24(2)3)23-37(36)49-41(45)27(8)9/h11-23H,1-2,4,6,8H2,3,5,7,9-10H3/b28-12+,29-13+. The molecule has 0 N–H and O–H groups in total. The molecule has 250 valence electrons. The second kappa shape index (κ2) is 16.5. The van der Waals surface area contributed by atoms with Crippen molar-refractivity contribution in [2.75, 3.05) is 0 Å². The number of carbonyl (C=O) groups excluding carboxylic acids is 4. The van der Waals surface area contributed by atoms with E-state index in [9.17, 15) is 19.2 Å². The maximum Gasteiger partial charge on any atom is 0.338 e. The van der Waals surface area contributed by atoms with Gasteiger partial charge in [-0.15, -0.1) is 0 Å². The zero-order valence-corrected chi connectivity index (χ0v) is 28.3. The zero-order valence-electron chi connectivity index (χ0n) is 28.3. The van der Waals surface area contributed by atoms with E-state index in [1.54, 1.807) is 30.3 Å². The molecule has 49 heavy (non-hydrogen) atoms. The number of hydrogen-bond acceptors (Lipinski definition) is 8. The van der Waals surface area contributed by atoms with E-state index >= 15 is 0 Å². The van der Waals surface area contributed by atoms with E-state index in [0.717, 1.165) is 22.3 Å². The molecular formula is C41H38O8. The molecule has 0 unspecified atom stereocenters. The van der Waals surface area contributed by atoms with Gasteiger partial charge in [-0.3, -0.25) is 0 Å². The summed E-state index contributed by atoms with van der Waals surface area (Å²) < 4.78 is 21.7. The number of rotatable bonds is 13. The van der Waals surface area contributed by atoms with Gasteiger partial charge in [-0.2, -0.15) is 0 Å². The summed E-state index contributed by atoms with van der Waals surface area (Å²) in [6.45, 7) is 26.4. The molecule has 8 nitrogen and oxygen atoms in total. The Labute approximate surface area is 286 Å². The first-order chi connectivity index (χ1) is 23.1. The second-order valence-corrected chi connectivity index (χ2v) is 11.3. The van der Waals surface area contributed by atoms with Gasteiger partial charge in [-0.1, -0.05) is 75.4 Å². The van der Waals surface area contributed by atoms with E-state index in [1.807, 2.05) is 43.3 Å². The molecule has 0 aliphatic carbocycles. The fourth-order valence-corrected chi connectivity index (χ4v) is 4.01. The van der Waals surface area contributed by atoms with Crippen molar-refractivity contribution in [2.24, 2.45) is 0 Å². The van der Waals surface area contributed by atoms with Crippen LogP contribution in [0.5, 0.6) is 23.0 Å². The SMILES string of the molecule is C=C/C(=C\C=C(/C)c1cc(OC(=O)C(=C)C)cc(OC(=O)C(=C)C)c1)c1ccc(-c2ccc(OC(=O)C(=C)C)cc2OC(=O)C(=C)C)cc1. The Kier molecular flexibility index (Phi) is 12.5. The van der Waals surface area contributed by atoms with Crippen molar-refractivity contribution in [3.05, 3.63) is 145 Å². The first-order valence-corrected chi connectivity index (χ1v) is 15.0. The van der Waals surface area contributed by atoms with Crippen molar-refractivity contribution >= 4 is 35.0 Å². The zero-order chi connectivity index (χ0) is 36.4. The molecule has 0 amide bonds. The van der Waals surface area contributed by atoms with Crippen LogP contribution in [0.1, 0.15) is 45.7 Å². The quantitative estimate of drug-likeness (QED) is 0.0776. The van der Waals surface area contributed by atoms with Gasteiger partial charge in [0.2, 0.25) is 0 Å². The Hall–Kier alpha value is -6.28. The highest BCUT2D eigenvalue weighted by Gasteiger charge is 2.16. The molecule has 0 saturated heterocycles. The molecule has 8 heteroatoms. The molecule has 0 atom stereocenters. The molecule has 0 spiro atoms. The van der Waals surface area contributed by atoms with Crippen LogP contribution in [0.3, 0.4) is 0 Å². The number of allylic oxidation sites excluding steroid dienone is 5. The maximum atomic E-state index is 12.4. The average Bonchev–Trinajstić information content (AvgIpc) is 3.05. The smallest absolute Gasteiger partial charge is 0.338 e. The van der Waals surface area contributed by atoms with Crippen LogP contribution in [0.2, 0.25) is 0 Å². The van der Waals surface area contributed by atoms with Crippen molar-refractivity contribution in [1.29, 1.82) is 0 Å². The summed E-state index contributed by atoms with van der Waals surface area (Å²) in [6.07, 6.45) is 5.43. The molecule has 0 aliphatic rings. The predicted molar refractivity (Wildman–Crippen MR) is 192 cm³/mol. The van der Waals surface area contributed by atoms with Gasteiger partial charge < -0.3 is 18.9 Å². The molecule has 3 aromatic rings. The van der Waals surface area contributed by atoms with Crippen LogP contribution in [0.25, 0.3) is 22.3 Å². The van der Waals surface area contributed by atoms with Gasteiger partial charge in [0.05, 0.1) is 0 Å². The number of hydrogen-bond donors (Lipinski definition) is 0. The summed E-state index contributed by atoms with van der Waals surface area (Å²) in [6, 6.07) is 17.0. The minimum Gasteiger partial charge on any atom is -0.423 e. The lowest BCUT2D eigenvalue weighted by atomic mass is 9.98.